The van der Waals surface area contributed by atoms with Crippen LogP contribution in [-0.4, -0.2) is 46.7 Å². The number of hydrogen-bond acceptors (Lipinski definition) is 5. The highest BCUT2D eigenvalue weighted by Crippen LogP contribution is 2.35. The molecule has 178 valence electrons. The molecule has 7 nitrogen and oxygen atoms in total. The maximum absolute atomic E-state index is 14.9. The van der Waals surface area contributed by atoms with Crippen molar-refractivity contribution < 1.29 is 9.13 Å². The van der Waals surface area contributed by atoms with Crippen LogP contribution in [0.5, 0.6) is 5.75 Å². The van der Waals surface area contributed by atoms with Gasteiger partial charge in [0.1, 0.15) is 11.6 Å². The zero-order chi connectivity index (χ0) is 24.6. The first-order valence-corrected chi connectivity index (χ1v) is 11.5. The van der Waals surface area contributed by atoms with Crippen LogP contribution in [-0.2, 0) is 7.05 Å². The Morgan fingerprint density at radius 2 is 2.03 bits per heavy atom. The molecule has 3 aromatic rings. The topological polar surface area (TPSA) is 55.0 Å². The summed E-state index contributed by atoms with van der Waals surface area (Å²) in [7, 11) is 3.25. The van der Waals surface area contributed by atoms with Gasteiger partial charge in [0, 0.05) is 56.0 Å². The summed E-state index contributed by atoms with van der Waals surface area (Å²) in [5, 5.41) is 0. The maximum Gasteiger partial charge on any atom is 0.270 e. The smallest absolute Gasteiger partial charge is 0.270 e. The molecule has 1 aliphatic heterocycles. The van der Waals surface area contributed by atoms with Crippen LogP contribution in [0.4, 0.5) is 15.9 Å². The monoisotopic (exact) mass is 463 g/mol. The van der Waals surface area contributed by atoms with Crippen molar-refractivity contribution in [2.75, 3.05) is 25.1 Å². The summed E-state index contributed by atoms with van der Waals surface area (Å²) in [6.07, 6.45) is 0.870. The molecule has 0 bridgehead atoms. The average Bonchev–Trinajstić information content (AvgIpc) is 2.85. The molecular weight excluding hydrogens is 433 g/mol. The molecule has 0 spiro atoms. The summed E-state index contributed by atoms with van der Waals surface area (Å²) in [5.41, 5.74) is 2.63. The fourth-order valence-electron chi connectivity index (χ4n) is 4.97. The van der Waals surface area contributed by atoms with E-state index in [1.165, 1.54) is 13.2 Å². The number of anilines is 1. The Morgan fingerprint density at radius 3 is 2.68 bits per heavy atom. The van der Waals surface area contributed by atoms with E-state index in [0.717, 1.165) is 12.1 Å². The highest BCUT2D eigenvalue weighted by Gasteiger charge is 2.36. The van der Waals surface area contributed by atoms with Gasteiger partial charge in [-0.15, -0.1) is 4.98 Å². The number of ether oxygens (including phenoxy) is 1. The number of aromatic nitrogens is 2. The number of benzene rings is 1. The van der Waals surface area contributed by atoms with Gasteiger partial charge in [-0.25, -0.2) is 4.39 Å². The van der Waals surface area contributed by atoms with E-state index < -0.39 is 0 Å². The van der Waals surface area contributed by atoms with Gasteiger partial charge in [0.15, 0.2) is 0 Å². The van der Waals surface area contributed by atoms with Gasteiger partial charge >= 0.3 is 0 Å². The summed E-state index contributed by atoms with van der Waals surface area (Å²) in [6.45, 7) is 15.0. The fraction of sp³-hybridized carbons (Fsp3) is 0.423. The summed E-state index contributed by atoms with van der Waals surface area (Å²) in [4.78, 5) is 25.3. The van der Waals surface area contributed by atoms with Crippen LogP contribution >= 0.6 is 0 Å². The van der Waals surface area contributed by atoms with E-state index >= 15 is 0 Å². The first kappa shape index (κ1) is 23.7. The first-order chi connectivity index (χ1) is 16.3. The Hall–Kier alpha value is -3.44. The molecule has 0 saturated carbocycles. The van der Waals surface area contributed by atoms with Gasteiger partial charge in [-0.1, -0.05) is 19.6 Å². The van der Waals surface area contributed by atoms with Crippen molar-refractivity contribution in [3.63, 3.8) is 0 Å². The summed E-state index contributed by atoms with van der Waals surface area (Å²) < 4.78 is 21.6. The third kappa shape index (κ3) is 4.12. The number of fused-ring (bicyclic) bond motifs is 1. The van der Waals surface area contributed by atoms with E-state index in [2.05, 4.69) is 33.5 Å². The van der Waals surface area contributed by atoms with Gasteiger partial charge < -0.3 is 19.0 Å². The minimum absolute atomic E-state index is 0.0558. The molecule has 0 amide bonds. The minimum Gasteiger partial charge on any atom is -0.497 e. The zero-order valence-electron chi connectivity index (χ0n) is 20.2. The number of pyridine rings is 2. The first-order valence-electron chi connectivity index (χ1n) is 11.5. The predicted molar refractivity (Wildman–Crippen MR) is 132 cm³/mol. The molecule has 0 radical (unpaired) electrons. The number of rotatable bonds is 5. The van der Waals surface area contributed by atoms with E-state index in [1.807, 2.05) is 6.92 Å². The largest absolute Gasteiger partial charge is 0.497 e. The predicted octanol–water partition coefficient (Wildman–Crippen LogP) is 4.68. The maximum atomic E-state index is 14.9. The molecule has 1 fully saturated rings. The van der Waals surface area contributed by atoms with Crippen molar-refractivity contribution in [3.8, 4) is 5.75 Å². The van der Waals surface area contributed by atoms with Gasteiger partial charge in [-0.3, -0.25) is 9.69 Å². The second-order valence-electron chi connectivity index (χ2n) is 8.90. The number of hydrogen-bond donors (Lipinski definition) is 0. The molecule has 1 saturated heterocycles. The zero-order valence-corrected chi connectivity index (χ0v) is 20.2. The number of halogens is 1. The second kappa shape index (κ2) is 9.43. The van der Waals surface area contributed by atoms with E-state index in [1.54, 1.807) is 41.9 Å². The molecule has 4 rings (SSSR count). The molecule has 8 heteroatoms. The van der Waals surface area contributed by atoms with Crippen molar-refractivity contribution in [2.24, 2.45) is 7.05 Å². The third-order valence-electron chi connectivity index (χ3n) is 6.99. The van der Waals surface area contributed by atoms with Gasteiger partial charge in [-0.2, -0.15) is 0 Å². The van der Waals surface area contributed by atoms with Gasteiger partial charge in [0.05, 0.1) is 18.3 Å². The number of nitrogens with zero attached hydrogens (tertiary/aromatic N) is 5. The van der Waals surface area contributed by atoms with Crippen LogP contribution in [0.2, 0.25) is 0 Å². The van der Waals surface area contributed by atoms with Crippen LogP contribution in [0.3, 0.4) is 0 Å². The molecule has 1 aromatic carbocycles. The molecule has 1 unspecified atom stereocenters. The Bertz CT molecular complexity index is 1320. The van der Waals surface area contributed by atoms with E-state index in [-0.39, 0.29) is 29.5 Å². The van der Waals surface area contributed by atoms with Crippen molar-refractivity contribution in [2.45, 2.75) is 45.3 Å². The van der Waals surface area contributed by atoms with Crippen molar-refractivity contribution in [3.05, 3.63) is 69.5 Å². The van der Waals surface area contributed by atoms with Crippen molar-refractivity contribution in [1.82, 2.24) is 14.5 Å². The Balaban J connectivity index is 1.71. The lowest BCUT2D eigenvalue weighted by atomic mass is 9.97. The molecule has 2 aromatic heterocycles. The van der Waals surface area contributed by atoms with E-state index in [9.17, 15) is 9.18 Å². The molecular formula is C26H30FN5O2. The van der Waals surface area contributed by atoms with Crippen LogP contribution in [0, 0.1) is 12.4 Å². The number of aryl methyl sites for hydroxylation is 1. The van der Waals surface area contributed by atoms with Crippen LogP contribution in [0.25, 0.3) is 15.9 Å². The van der Waals surface area contributed by atoms with Crippen LogP contribution in [0.15, 0.2) is 41.2 Å². The molecule has 3 atom stereocenters. The van der Waals surface area contributed by atoms with Crippen LogP contribution < -0.4 is 15.2 Å². The van der Waals surface area contributed by atoms with Gasteiger partial charge in [0.2, 0.25) is 5.52 Å². The molecule has 34 heavy (non-hydrogen) atoms. The Kier molecular flexibility index (Phi) is 6.58. The lowest BCUT2D eigenvalue weighted by Crippen LogP contribution is -2.58. The lowest BCUT2D eigenvalue weighted by Gasteiger charge is -2.48. The van der Waals surface area contributed by atoms with E-state index in [4.69, 9.17) is 11.3 Å². The van der Waals surface area contributed by atoms with Crippen molar-refractivity contribution in [1.29, 1.82) is 0 Å². The third-order valence-corrected chi connectivity index (χ3v) is 6.99. The lowest BCUT2D eigenvalue weighted by molar-refractivity contribution is 0.104. The second-order valence-corrected chi connectivity index (χ2v) is 8.90. The Morgan fingerprint density at radius 1 is 1.26 bits per heavy atom. The van der Waals surface area contributed by atoms with Crippen LogP contribution in [0.1, 0.15) is 38.8 Å². The fourth-order valence-corrected chi connectivity index (χ4v) is 4.97. The quantitative estimate of drug-likeness (QED) is 0.514. The molecule has 3 heterocycles. The molecule has 0 aliphatic carbocycles. The van der Waals surface area contributed by atoms with Gasteiger partial charge in [0.25, 0.3) is 11.4 Å². The normalized spacial score (nSPS) is 19.7. The van der Waals surface area contributed by atoms with Crippen molar-refractivity contribution >= 4 is 22.5 Å². The molecule has 0 N–H and O–H groups in total. The summed E-state index contributed by atoms with van der Waals surface area (Å²) in [6, 6.07) is 10.2. The Labute approximate surface area is 199 Å². The highest BCUT2D eigenvalue weighted by atomic mass is 19.1. The SMILES string of the molecule is [C-]#[N+]c1ccc2c(n1)c(N1C[C@@H](CC)N(C(C)c3ccc(OC)cc3F)C[C@@H]1C)cc(=O)n2C. The van der Waals surface area contributed by atoms with Gasteiger partial charge in [-0.05, 0) is 38.5 Å². The van der Waals surface area contributed by atoms with E-state index in [0.29, 0.717) is 41.3 Å². The summed E-state index contributed by atoms with van der Waals surface area (Å²) in [5.74, 6) is 0.530. The average molecular weight is 464 g/mol. The standard InChI is InChI=1S/C26H30FN5O2/c1-7-18-15-31(23-13-25(33)30(5)22-10-11-24(28-4)29-26(22)23)16(2)14-32(18)17(3)20-9-8-19(34-6)12-21(20)27/h8-13,16-18H,7,14-15H2,1-3,5-6H3/t16-,17?,18+/m0/s1. The highest BCUT2D eigenvalue weighted by molar-refractivity contribution is 5.89. The number of methoxy groups -OCH3 is 1. The molecule has 1 aliphatic rings. The number of piperazine rings is 1. The minimum atomic E-state index is -0.273. The summed E-state index contributed by atoms with van der Waals surface area (Å²) >= 11 is 0.